The molecule has 100 valence electrons. The molecule has 0 radical (unpaired) electrons. The molecule has 2 rings (SSSR count). The minimum absolute atomic E-state index is 0.249. The van der Waals surface area contributed by atoms with Gasteiger partial charge in [-0.15, -0.1) is 0 Å². The molecular weight excluding hydrogens is 377 g/mol. The molecule has 0 aliphatic rings. The van der Waals surface area contributed by atoms with Crippen molar-refractivity contribution in [3.8, 4) is 5.75 Å². The summed E-state index contributed by atoms with van der Waals surface area (Å²) in [6, 6.07) is 10.3. The van der Waals surface area contributed by atoms with Gasteiger partial charge >= 0.3 is 0 Å². The number of ether oxygens (including phenoxy) is 1. The maximum atomic E-state index is 13.2. The lowest BCUT2D eigenvalue weighted by Gasteiger charge is -2.12. The van der Waals surface area contributed by atoms with Crippen molar-refractivity contribution in [3.05, 3.63) is 56.7 Å². The second-order valence-corrected chi connectivity index (χ2v) is 5.70. The van der Waals surface area contributed by atoms with Crippen LogP contribution in [0.3, 0.4) is 0 Å². The van der Waals surface area contributed by atoms with E-state index in [0.29, 0.717) is 6.54 Å². The van der Waals surface area contributed by atoms with Crippen molar-refractivity contribution in [3.63, 3.8) is 0 Å². The fourth-order valence-electron chi connectivity index (χ4n) is 1.69. The minimum atomic E-state index is -0.249. The van der Waals surface area contributed by atoms with Gasteiger partial charge in [0.15, 0.2) is 0 Å². The van der Waals surface area contributed by atoms with Crippen molar-refractivity contribution in [2.75, 3.05) is 12.4 Å². The predicted octanol–water partition coefficient (Wildman–Crippen LogP) is 4.97. The highest BCUT2D eigenvalue weighted by molar-refractivity contribution is 9.10. The molecule has 19 heavy (non-hydrogen) atoms. The maximum absolute atomic E-state index is 13.2. The average Bonchev–Trinajstić information content (AvgIpc) is 2.40. The molecule has 0 spiro atoms. The second kappa shape index (κ2) is 6.39. The lowest BCUT2D eigenvalue weighted by molar-refractivity contribution is 0.416. The summed E-state index contributed by atoms with van der Waals surface area (Å²) in [4.78, 5) is 0. The minimum Gasteiger partial charge on any atom is -0.495 e. The summed E-state index contributed by atoms with van der Waals surface area (Å²) in [5.41, 5.74) is 1.70. The van der Waals surface area contributed by atoms with Crippen LogP contribution in [0.2, 0.25) is 0 Å². The van der Waals surface area contributed by atoms with Crippen molar-refractivity contribution in [1.82, 2.24) is 0 Å². The van der Waals surface area contributed by atoms with Gasteiger partial charge in [0, 0.05) is 15.5 Å². The third kappa shape index (κ3) is 3.70. The maximum Gasteiger partial charge on any atom is 0.142 e. The van der Waals surface area contributed by atoms with E-state index in [1.54, 1.807) is 13.2 Å². The highest BCUT2D eigenvalue weighted by atomic mass is 79.9. The molecule has 1 N–H and O–H groups in total. The number of halogens is 3. The number of nitrogens with one attached hydrogen (secondary N) is 1. The zero-order valence-electron chi connectivity index (χ0n) is 10.2. The molecule has 0 aliphatic heterocycles. The first-order valence-corrected chi connectivity index (χ1v) is 7.20. The topological polar surface area (TPSA) is 21.3 Å². The Morgan fingerprint density at radius 2 is 1.95 bits per heavy atom. The molecule has 0 bridgehead atoms. The summed E-state index contributed by atoms with van der Waals surface area (Å²) in [5.74, 6) is 0.497. The van der Waals surface area contributed by atoms with E-state index in [4.69, 9.17) is 4.74 Å². The van der Waals surface area contributed by atoms with Gasteiger partial charge in [-0.2, -0.15) is 0 Å². The van der Waals surface area contributed by atoms with Crippen LogP contribution in [0.5, 0.6) is 5.75 Å². The van der Waals surface area contributed by atoms with Gasteiger partial charge in [0.05, 0.1) is 12.8 Å². The fraction of sp³-hybridized carbons (Fsp3) is 0.143. The van der Waals surface area contributed by atoms with Gasteiger partial charge in [-0.05, 0) is 42.0 Å². The summed E-state index contributed by atoms with van der Waals surface area (Å²) < 4.78 is 20.3. The van der Waals surface area contributed by atoms with Crippen LogP contribution < -0.4 is 10.1 Å². The number of hydrogen-bond acceptors (Lipinski definition) is 2. The molecule has 2 nitrogen and oxygen atoms in total. The largest absolute Gasteiger partial charge is 0.495 e. The lowest BCUT2D eigenvalue weighted by atomic mass is 10.2. The summed E-state index contributed by atoms with van der Waals surface area (Å²) in [6.45, 7) is 0.505. The van der Waals surface area contributed by atoms with E-state index in [-0.39, 0.29) is 5.82 Å². The first-order valence-electron chi connectivity index (χ1n) is 5.61. The second-order valence-electron chi connectivity index (χ2n) is 3.93. The van der Waals surface area contributed by atoms with E-state index < -0.39 is 0 Å². The number of methoxy groups -OCH3 is 1. The van der Waals surface area contributed by atoms with Crippen molar-refractivity contribution in [2.24, 2.45) is 0 Å². The summed E-state index contributed by atoms with van der Waals surface area (Å²) >= 11 is 6.82. The fourth-order valence-corrected chi connectivity index (χ4v) is 2.44. The Bertz CT molecular complexity index is 590. The quantitative estimate of drug-likeness (QED) is 0.798. The van der Waals surface area contributed by atoms with E-state index in [0.717, 1.165) is 25.9 Å². The van der Waals surface area contributed by atoms with Crippen LogP contribution in [0.15, 0.2) is 45.3 Å². The molecular formula is C14H12Br2FNO. The zero-order valence-corrected chi connectivity index (χ0v) is 13.4. The zero-order chi connectivity index (χ0) is 13.8. The summed E-state index contributed by atoms with van der Waals surface area (Å²) in [6.07, 6.45) is 0. The monoisotopic (exact) mass is 387 g/mol. The van der Waals surface area contributed by atoms with Crippen LogP contribution in [0, 0.1) is 5.82 Å². The molecule has 0 saturated carbocycles. The predicted molar refractivity (Wildman–Crippen MR) is 82.1 cm³/mol. The average molecular weight is 389 g/mol. The summed E-state index contributed by atoms with van der Waals surface area (Å²) in [5, 5.41) is 3.24. The Balaban J connectivity index is 2.18. The third-order valence-electron chi connectivity index (χ3n) is 2.64. The number of benzene rings is 2. The molecule has 2 aromatic carbocycles. The molecule has 2 aromatic rings. The van der Waals surface area contributed by atoms with Gasteiger partial charge in [-0.25, -0.2) is 4.39 Å². The van der Waals surface area contributed by atoms with Crippen molar-refractivity contribution in [2.45, 2.75) is 6.54 Å². The van der Waals surface area contributed by atoms with E-state index in [1.165, 1.54) is 12.1 Å². The van der Waals surface area contributed by atoms with Gasteiger partial charge in [-0.3, -0.25) is 0 Å². The molecule has 0 atom stereocenters. The summed E-state index contributed by atoms with van der Waals surface area (Å²) in [7, 11) is 1.62. The Labute approximate surface area is 128 Å². The number of anilines is 1. The standard InChI is InChI=1S/C14H12Br2FNO/c1-19-14-5-2-10(15)7-13(14)18-8-9-6-11(17)3-4-12(9)16/h2-7,18H,8H2,1H3. The highest BCUT2D eigenvalue weighted by Gasteiger charge is 2.06. The molecule has 0 amide bonds. The molecule has 0 saturated heterocycles. The van der Waals surface area contributed by atoms with E-state index >= 15 is 0 Å². The van der Waals surface area contributed by atoms with Gasteiger partial charge < -0.3 is 10.1 Å². The molecule has 0 aliphatic carbocycles. The Morgan fingerprint density at radius 1 is 1.16 bits per heavy atom. The van der Waals surface area contributed by atoms with Crippen LogP contribution in [0.1, 0.15) is 5.56 Å². The van der Waals surface area contributed by atoms with Crippen LogP contribution >= 0.6 is 31.9 Å². The van der Waals surface area contributed by atoms with Crippen LogP contribution in [0.4, 0.5) is 10.1 Å². The van der Waals surface area contributed by atoms with Gasteiger partial charge in [0.2, 0.25) is 0 Å². The van der Waals surface area contributed by atoms with E-state index in [1.807, 2.05) is 18.2 Å². The Morgan fingerprint density at radius 3 is 2.68 bits per heavy atom. The normalized spacial score (nSPS) is 10.3. The van der Waals surface area contributed by atoms with Crippen LogP contribution in [-0.4, -0.2) is 7.11 Å². The number of rotatable bonds is 4. The molecule has 5 heteroatoms. The molecule has 0 unspecified atom stereocenters. The van der Waals surface area contributed by atoms with Crippen LogP contribution in [-0.2, 0) is 6.54 Å². The Hall–Kier alpha value is -1.07. The van der Waals surface area contributed by atoms with Gasteiger partial charge in [0.1, 0.15) is 11.6 Å². The van der Waals surface area contributed by atoms with E-state index in [9.17, 15) is 4.39 Å². The van der Waals surface area contributed by atoms with E-state index in [2.05, 4.69) is 37.2 Å². The molecule has 0 aromatic heterocycles. The first kappa shape index (κ1) is 14.3. The Kier molecular flexibility index (Phi) is 4.82. The lowest BCUT2D eigenvalue weighted by Crippen LogP contribution is -2.02. The van der Waals surface area contributed by atoms with Crippen molar-refractivity contribution >= 4 is 37.5 Å². The highest BCUT2D eigenvalue weighted by Crippen LogP contribution is 2.29. The SMILES string of the molecule is COc1ccc(Br)cc1NCc1cc(F)ccc1Br. The van der Waals surface area contributed by atoms with Gasteiger partial charge in [0.25, 0.3) is 0 Å². The van der Waals surface area contributed by atoms with Crippen molar-refractivity contribution in [1.29, 1.82) is 0 Å². The van der Waals surface area contributed by atoms with Gasteiger partial charge in [-0.1, -0.05) is 31.9 Å². The first-order chi connectivity index (χ1) is 9.10. The molecule has 0 fully saturated rings. The van der Waals surface area contributed by atoms with Crippen LogP contribution in [0.25, 0.3) is 0 Å². The van der Waals surface area contributed by atoms with Crippen molar-refractivity contribution < 1.29 is 9.13 Å². The molecule has 0 heterocycles. The smallest absolute Gasteiger partial charge is 0.142 e. The number of hydrogen-bond donors (Lipinski definition) is 1. The third-order valence-corrected chi connectivity index (χ3v) is 3.91.